The lowest BCUT2D eigenvalue weighted by Gasteiger charge is -2.07. The maximum atomic E-state index is 4.26. The van der Waals surface area contributed by atoms with Crippen LogP contribution in [-0.4, -0.2) is 19.5 Å². The van der Waals surface area contributed by atoms with Gasteiger partial charge in [-0.2, -0.15) is 0 Å². The Morgan fingerprint density at radius 3 is 2.67 bits per heavy atom. The quantitative estimate of drug-likeness (QED) is 0.791. The molecule has 18 heavy (non-hydrogen) atoms. The monoisotopic (exact) mass is 303 g/mol. The minimum atomic E-state index is 0.687. The van der Waals surface area contributed by atoms with Crippen LogP contribution in [0.5, 0.6) is 0 Å². The van der Waals surface area contributed by atoms with Crippen molar-refractivity contribution >= 4 is 38.6 Å². The third-order valence-corrected chi connectivity index (χ3v) is 3.14. The average Bonchev–Trinajstić information content (AvgIpc) is 2.75. The predicted molar refractivity (Wildman–Crippen MR) is 73.7 cm³/mol. The van der Waals surface area contributed by atoms with Gasteiger partial charge < -0.3 is 9.88 Å². The van der Waals surface area contributed by atoms with Crippen molar-refractivity contribution < 1.29 is 0 Å². The second kappa shape index (κ2) is 4.38. The highest BCUT2D eigenvalue weighted by Crippen LogP contribution is 2.22. The molecule has 0 saturated carbocycles. The first-order chi connectivity index (χ1) is 8.74. The number of hydrogen-bond acceptors (Lipinski definition) is 4. The number of anilines is 2. The van der Waals surface area contributed by atoms with Gasteiger partial charge in [-0.25, -0.2) is 15.0 Å². The highest BCUT2D eigenvalue weighted by molar-refractivity contribution is 9.10. The Kier molecular flexibility index (Phi) is 2.71. The van der Waals surface area contributed by atoms with Crippen LogP contribution in [0, 0.1) is 0 Å². The topological polar surface area (TPSA) is 55.6 Å². The Bertz CT molecular complexity index is 689. The molecule has 6 heteroatoms. The van der Waals surface area contributed by atoms with Crippen molar-refractivity contribution in [2.24, 2.45) is 7.05 Å². The van der Waals surface area contributed by atoms with E-state index in [9.17, 15) is 0 Å². The van der Waals surface area contributed by atoms with Crippen molar-refractivity contribution in [2.45, 2.75) is 0 Å². The van der Waals surface area contributed by atoms with Gasteiger partial charge in [0.15, 0.2) is 11.5 Å². The summed E-state index contributed by atoms with van der Waals surface area (Å²) in [6.45, 7) is 0. The van der Waals surface area contributed by atoms with Gasteiger partial charge in [0, 0.05) is 17.2 Å². The zero-order valence-corrected chi connectivity index (χ0v) is 11.2. The van der Waals surface area contributed by atoms with Gasteiger partial charge in [-0.05, 0) is 24.3 Å². The van der Waals surface area contributed by atoms with Crippen LogP contribution in [0.2, 0.25) is 0 Å². The van der Waals surface area contributed by atoms with Crippen LogP contribution >= 0.6 is 15.9 Å². The molecule has 0 unspecified atom stereocenters. The van der Waals surface area contributed by atoms with Gasteiger partial charge in [-0.1, -0.05) is 15.9 Å². The Balaban J connectivity index is 2.04. The Morgan fingerprint density at radius 2 is 1.89 bits per heavy atom. The lowest BCUT2D eigenvalue weighted by molar-refractivity contribution is 0.945. The van der Waals surface area contributed by atoms with E-state index in [1.807, 2.05) is 35.9 Å². The molecule has 1 N–H and O–H groups in total. The van der Waals surface area contributed by atoms with Crippen molar-refractivity contribution in [3.63, 3.8) is 0 Å². The number of aromatic nitrogens is 4. The first-order valence-electron chi connectivity index (χ1n) is 5.38. The lowest BCUT2D eigenvalue weighted by Crippen LogP contribution is -1.98. The fraction of sp³-hybridized carbons (Fsp3) is 0.0833. The molecule has 0 atom stereocenters. The number of nitrogens with one attached hydrogen (secondary N) is 1. The van der Waals surface area contributed by atoms with E-state index < -0.39 is 0 Å². The van der Waals surface area contributed by atoms with E-state index in [0.29, 0.717) is 5.65 Å². The van der Waals surface area contributed by atoms with Crippen molar-refractivity contribution in [2.75, 3.05) is 5.32 Å². The third kappa shape index (κ3) is 1.95. The van der Waals surface area contributed by atoms with Crippen LogP contribution in [0.15, 0.2) is 41.4 Å². The molecule has 0 radical (unpaired) electrons. The molecular formula is C12H10BrN5. The zero-order valence-electron chi connectivity index (χ0n) is 9.63. The van der Waals surface area contributed by atoms with Gasteiger partial charge in [-0.3, -0.25) is 0 Å². The van der Waals surface area contributed by atoms with Crippen molar-refractivity contribution in [1.82, 2.24) is 19.5 Å². The minimum absolute atomic E-state index is 0.687. The highest BCUT2D eigenvalue weighted by Gasteiger charge is 2.08. The molecule has 0 spiro atoms. The van der Waals surface area contributed by atoms with Crippen molar-refractivity contribution in [1.29, 1.82) is 0 Å². The summed E-state index contributed by atoms with van der Waals surface area (Å²) in [7, 11) is 1.92. The molecule has 5 nitrogen and oxygen atoms in total. The van der Waals surface area contributed by atoms with E-state index in [0.717, 1.165) is 21.5 Å². The van der Waals surface area contributed by atoms with E-state index in [1.165, 1.54) is 6.33 Å². The van der Waals surface area contributed by atoms with Gasteiger partial charge in [0.25, 0.3) is 0 Å². The molecule has 1 aromatic carbocycles. The SMILES string of the molecule is Cn1cnc2ncnc(Nc3ccc(Br)cc3)c21. The summed E-state index contributed by atoms with van der Waals surface area (Å²) >= 11 is 3.41. The van der Waals surface area contributed by atoms with Gasteiger partial charge in [-0.15, -0.1) is 0 Å². The fourth-order valence-electron chi connectivity index (χ4n) is 1.75. The predicted octanol–water partition coefficient (Wildman–Crippen LogP) is 2.87. The summed E-state index contributed by atoms with van der Waals surface area (Å²) in [4.78, 5) is 12.6. The molecule has 0 aliphatic rings. The van der Waals surface area contributed by atoms with Crippen LogP contribution in [0.1, 0.15) is 0 Å². The second-order valence-corrected chi connectivity index (χ2v) is 4.80. The molecule has 0 fully saturated rings. The van der Waals surface area contributed by atoms with E-state index in [-0.39, 0.29) is 0 Å². The maximum Gasteiger partial charge on any atom is 0.182 e. The number of benzene rings is 1. The number of hydrogen-bond donors (Lipinski definition) is 1. The first kappa shape index (κ1) is 11.2. The molecule has 90 valence electrons. The molecule has 0 aliphatic carbocycles. The largest absolute Gasteiger partial charge is 0.338 e. The number of fused-ring (bicyclic) bond motifs is 1. The normalized spacial score (nSPS) is 10.8. The van der Waals surface area contributed by atoms with E-state index in [1.54, 1.807) is 6.33 Å². The van der Waals surface area contributed by atoms with Crippen LogP contribution < -0.4 is 5.32 Å². The standard InChI is InChI=1S/C12H10BrN5/c1-18-7-16-11-10(18)12(15-6-14-11)17-9-4-2-8(13)3-5-9/h2-7H,1H3,(H,14,15,17). The fourth-order valence-corrected chi connectivity index (χ4v) is 2.01. The maximum absolute atomic E-state index is 4.26. The summed E-state index contributed by atoms with van der Waals surface area (Å²) in [6, 6.07) is 7.91. The van der Waals surface area contributed by atoms with Crippen LogP contribution in [-0.2, 0) is 7.05 Å². The number of halogens is 1. The van der Waals surface area contributed by atoms with Gasteiger partial charge >= 0.3 is 0 Å². The summed E-state index contributed by atoms with van der Waals surface area (Å²) in [5, 5.41) is 3.27. The third-order valence-electron chi connectivity index (χ3n) is 2.62. The van der Waals surface area contributed by atoms with E-state index in [4.69, 9.17) is 0 Å². The molecule has 0 aliphatic heterocycles. The lowest BCUT2D eigenvalue weighted by atomic mass is 10.3. The number of rotatable bonds is 2. The van der Waals surface area contributed by atoms with E-state index in [2.05, 4.69) is 36.2 Å². The minimum Gasteiger partial charge on any atom is -0.338 e. The van der Waals surface area contributed by atoms with Crippen molar-refractivity contribution in [3.8, 4) is 0 Å². The highest BCUT2D eigenvalue weighted by atomic mass is 79.9. The van der Waals surface area contributed by atoms with Crippen LogP contribution in [0.3, 0.4) is 0 Å². The number of imidazole rings is 1. The molecular weight excluding hydrogens is 294 g/mol. The number of nitrogens with zero attached hydrogens (tertiary/aromatic N) is 4. The molecule has 3 aromatic rings. The van der Waals surface area contributed by atoms with Crippen molar-refractivity contribution in [3.05, 3.63) is 41.4 Å². The Morgan fingerprint density at radius 1 is 1.11 bits per heavy atom. The van der Waals surface area contributed by atoms with Gasteiger partial charge in [0.1, 0.15) is 11.8 Å². The molecule has 3 rings (SSSR count). The molecule has 0 bridgehead atoms. The Labute approximate surface area is 112 Å². The molecule has 2 heterocycles. The second-order valence-electron chi connectivity index (χ2n) is 3.88. The average molecular weight is 304 g/mol. The molecule has 0 amide bonds. The summed E-state index contributed by atoms with van der Waals surface area (Å²) in [6.07, 6.45) is 3.24. The van der Waals surface area contributed by atoms with Crippen LogP contribution in [0.4, 0.5) is 11.5 Å². The zero-order chi connectivity index (χ0) is 12.5. The molecule has 2 aromatic heterocycles. The summed E-state index contributed by atoms with van der Waals surface area (Å²) in [5.74, 6) is 0.752. The van der Waals surface area contributed by atoms with Crippen LogP contribution in [0.25, 0.3) is 11.2 Å². The Hall–Kier alpha value is -1.95. The van der Waals surface area contributed by atoms with Gasteiger partial charge in [0.2, 0.25) is 0 Å². The smallest absolute Gasteiger partial charge is 0.182 e. The molecule has 0 saturated heterocycles. The first-order valence-corrected chi connectivity index (χ1v) is 6.18. The van der Waals surface area contributed by atoms with Gasteiger partial charge in [0.05, 0.1) is 6.33 Å². The summed E-state index contributed by atoms with van der Waals surface area (Å²) < 4.78 is 2.94. The number of aryl methyl sites for hydroxylation is 1. The van der Waals surface area contributed by atoms with E-state index >= 15 is 0 Å². The summed E-state index contributed by atoms with van der Waals surface area (Å²) in [5.41, 5.74) is 2.55.